The van der Waals surface area contributed by atoms with E-state index in [0.717, 1.165) is 0 Å². The summed E-state index contributed by atoms with van der Waals surface area (Å²) >= 11 is 12.1. The summed E-state index contributed by atoms with van der Waals surface area (Å²) < 4.78 is 19.7. The summed E-state index contributed by atoms with van der Waals surface area (Å²) in [6.45, 7) is 2.62. The predicted molar refractivity (Wildman–Crippen MR) is 107 cm³/mol. The van der Waals surface area contributed by atoms with Gasteiger partial charge in [-0.1, -0.05) is 35.3 Å². The second kappa shape index (κ2) is 8.49. The van der Waals surface area contributed by atoms with Crippen molar-refractivity contribution < 1.29 is 13.6 Å². The summed E-state index contributed by atoms with van der Waals surface area (Å²) in [5.41, 5.74) is 0.680. The molecule has 2 heterocycles. The number of rotatable bonds is 4. The fourth-order valence-corrected chi connectivity index (χ4v) is 3.58. The molecule has 9 heteroatoms. The van der Waals surface area contributed by atoms with E-state index >= 15 is 0 Å². The van der Waals surface area contributed by atoms with Crippen molar-refractivity contribution in [3.05, 3.63) is 69.8 Å². The Morgan fingerprint density at radius 3 is 2.59 bits per heavy atom. The Bertz CT molecular complexity index is 1030. The molecule has 29 heavy (non-hydrogen) atoms. The molecule has 1 aromatic heterocycles. The lowest BCUT2D eigenvalue weighted by atomic mass is 10.1. The summed E-state index contributed by atoms with van der Waals surface area (Å²) in [7, 11) is 0. The maximum absolute atomic E-state index is 14.0. The normalized spacial score (nSPS) is 14.9. The average molecular weight is 435 g/mol. The minimum Gasteiger partial charge on any atom is -0.419 e. The molecule has 4 rings (SSSR count). The Hall–Kier alpha value is -2.48. The molecule has 150 valence electrons. The van der Waals surface area contributed by atoms with E-state index in [0.29, 0.717) is 60.1 Å². The van der Waals surface area contributed by atoms with Crippen molar-refractivity contribution in [3.63, 3.8) is 0 Å². The molecule has 0 unspecified atom stereocenters. The lowest BCUT2D eigenvalue weighted by molar-refractivity contribution is 0.0614. The van der Waals surface area contributed by atoms with Gasteiger partial charge in [0.05, 0.1) is 22.7 Å². The van der Waals surface area contributed by atoms with Crippen LogP contribution >= 0.6 is 23.2 Å². The molecule has 0 atom stereocenters. The zero-order valence-electron chi connectivity index (χ0n) is 15.3. The smallest absolute Gasteiger partial charge is 0.256 e. The summed E-state index contributed by atoms with van der Waals surface area (Å²) in [6.07, 6.45) is 0. The number of piperazine rings is 1. The van der Waals surface area contributed by atoms with E-state index in [1.54, 1.807) is 11.0 Å². The van der Waals surface area contributed by atoms with Crippen LogP contribution in [0.25, 0.3) is 11.5 Å². The Balaban J connectivity index is 1.36. The molecule has 0 radical (unpaired) electrons. The van der Waals surface area contributed by atoms with Crippen molar-refractivity contribution >= 4 is 29.1 Å². The van der Waals surface area contributed by atoms with E-state index in [1.165, 1.54) is 18.2 Å². The van der Waals surface area contributed by atoms with Crippen LogP contribution in [-0.2, 0) is 6.54 Å². The van der Waals surface area contributed by atoms with Gasteiger partial charge in [0.2, 0.25) is 11.8 Å². The van der Waals surface area contributed by atoms with E-state index < -0.39 is 5.82 Å². The van der Waals surface area contributed by atoms with E-state index in [2.05, 4.69) is 15.1 Å². The van der Waals surface area contributed by atoms with Crippen LogP contribution in [0.4, 0.5) is 4.39 Å². The van der Waals surface area contributed by atoms with E-state index in [9.17, 15) is 9.18 Å². The SMILES string of the molecule is O=C(c1cc(Cl)ccc1F)N1CCN(Cc2nnc(-c3ccccc3Cl)o2)CC1. The van der Waals surface area contributed by atoms with Crippen LogP contribution in [0.15, 0.2) is 46.9 Å². The number of aromatic nitrogens is 2. The third-order valence-corrected chi connectivity index (χ3v) is 5.31. The fraction of sp³-hybridized carbons (Fsp3) is 0.250. The molecule has 0 spiro atoms. The third-order valence-electron chi connectivity index (χ3n) is 4.75. The number of benzene rings is 2. The number of hydrogen-bond acceptors (Lipinski definition) is 5. The number of halogens is 3. The highest BCUT2D eigenvalue weighted by Gasteiger charge is 2.25. The molecule has 2 aromatic carbocycles. The monoisotopic (exact) mass is 434 g/mol. The molecule has 1 fully saturated rings. The number of carbonyl (C=O) groups is 1. The van der Waals surface area contributed by atoms with Gasteiger partial charge in [0.15, 0.2) is 0 Å². The molecule has 0 N–H and O–H groups in total. The van der Waals surface area contributed by atoms with Crippen molar-refractivity contribution in [2.75, 3.05) is 26.2 Å². The summed E-state index contributed by atoms with van der Waals surface area (Å²) in [5.74, 6) is -0.0836. The third kappa shape index (κ3) is 4.42. The van der Waals surface area contributed by atoms with Crippen LogP contribution in [0.3, 0.4) is 0 Å². The Kier molecular flexibility index (Phi) is 5.80. The topological polar surface area (TPSA) is 62.5 Å². The quantitative estimate of drug-likeness (QED) is 0.617. The summed E-state index contributed by atoms with van der Waals surface area (Å²) in [5, 5.41) is 9.03. The van der Waals surface area contributed by atoms with Gasteiger partial charge in [0.1, 0.15) is 5.82 Å². The van der Waals surface area contributed by atoms with E-state index in [1.807, 2.05) is 18.2 Å². The highest BCUT2D eigenvalue weighted by atomic mass is 35.5. The van der Waals surface area contributed by atoms with Gasteiger partial charge in [-0.2, -0.15) is 0 Å². The van der Waals surface area contributed by atoms with Gasteiger partial charge in [0.25, 0.3) is 5.91 Å². The van der Waals surface area contributed by atoms with E-state index in [-0.39, 0.29) is 11.5 Å². The molecule has 1 saturated heterocycles. The molecule has 3 aromatic rings. The van der Waals surface area contributed by atoms with Crippen molar-refractivity contribution in [1.82, 2.24) is 20.0 Å². The Morgan fingerprint density at radius 2 is 1.83 bits per heavy atom. The first-order valence-electron chi connectivity index (χ1n) is 9.05. The van der Waals surface area contributed by atoms with Crippen molar-refractivity contribution in [1.29, 1.82) is 0 Å². The van der Waals surface area contributed by atoms with Crippen molar-refractivity contribution in [2.24, 2.45) is 0 Å². The Labute approximate surface area is 176 Å². The zero-order valence-corrected chi connectivity index (χ0v) is 16.8. The standard InChI is InChI=1S/C20H17Cl2FN4O2/c21-13-5-6-17(23)15(11-13)20(28)27-9-7-26(8-10-27)12-18-24-25-19(29-18)14-3-1-2-4-16(14)22/h1-6,11H,7-10,12H2. The largest absolute Gasteiger partial charge is 0.419 e. The number of amides is 1. The molecule has 0 bridgehead atoms. The lowest BCUT2D eigenvalue weighted by Gasteiger charge is -2.34. The molecular weight excluding hydrogens is 418 g/mol. The zero-order chi connectivity index (χ0) is 20.4. The minimum absolute atomic E-state index is 0.00719. The average Bonchev–Trinajstić information content (AvgIpc) is 3.18. The second-order valence-electron chi connectivity index (χ2n) is 6.67. The van der Waals surface area contributed by atoms with Gasteiger partial charge in [-0.05, 0) is 30.3 Å². The first-order chi connectivity index (χ1) is 14.0. The second-order valence-corrected chi connectivity index (χ2v) is 7.52. The lowest BCUT2D eigenvalue weighted by Crippen LogP contribution is -2.48. The van der Waals surface area contributed by atoms with Gasteiger partial charge < -0.3 is 9.32 Å². The van der Waals surface area contributed by atoms with Crippen LogP contribution in [-0.4, -0.2) is 52.1 Å². The molecule has 1 aliphatic heterocycles. The molecule has 0 saturated carbocycles. The number of carbonyl (C=O) groups excluding carboxylic acids is 1. The van der Waals surface area contributed by atoms with Crippen LogP contribution in [0.1, 0.15) is 16.2 Å². The first-order valence-corrected chi connectivity index (χ1v) is 9.81. The molecule has 1 amide bonds. The van der Waals surface area contributed by atoms with Crippen LogP contribution < -0.4 is 0 Å². The molecular formula is C20H17Cl2FN4O2. The predicted octanol–water partition coefficient (Wildman–Crippen LogP) is 4.14. The maximum Gasteiger partial charge on any atom is 0.256 e. The van der Waals surface area contributed by atoms with Gasteiger partial charge >= 0.3 is 0 Å². The summed E-state index contributed by atoms with van der Waals surface area (Å²) in [6, 6.07) is 11.3. The first kappa shape index (κ1) is 19.8. The van der Waals surface area contributed by atoms with Crippen molar-refractivity contribution in [2.45, 2.75) is 6.54 Å². The van der Waals surface area contributed by atoms with Crippen LogP contribution in [0.2, 0.25) is 10.0 Å². The van der Waals surface area contributed by atoms with E-state index in [4.69, 9.17) is 27.6 Å². The van der Waals surface area contributed by atoms with Gasteiger partial charge in [-0.3, -0.25) is 9.69 Å². The Morgan fingerprint density at radius 1 is 1.07 bits per heavy atom. The molecule has 6 nitrogen and oxygen atoms in total. The molecule has 0 aliphatic carbocycles. The van der Waals surface area contributed by atoms with Gasteiger partial charge in [-0.15, -0.1) is 10.2 Å². The number of nitrogens with zero attached hydrogens (tertiary/aromatic N) is 4. The highest BCUT2D eigenvalue weighted by molar-refractivity contribution is 6.33. The van der Waals surface area contributed by atoms with Crippen molar-refractivity contribution in [3.8, 4) is 11.5 Å². The van der Waals surface area contributed by atoms with Gasteiger partial charge in [0, 0.05) is 31.2 Å². The number of hydrogen-bond donors (Lipinski definition) is 0. The van der Waals surface area contributed by atoms with Crippen LogP contribution in [0, 0.1) is 5.82 Å². The minimum atomic E-state index is -0.570. The maximum atomic E-state index is 14.0. The highest BCUT2D eigenvalue weighted by Crippen LogP contribution is 2.26. The fourth-order valence-electron chi connectivity index (χ4n) is 3.19. The molecule has 1 aliphatic rings. The summed E-state index contributed by atoms with van der Waals surface area (Å²) in [4.78, 5) is 16.3. The van der Waals surface area contributed by atoms with Crippen LogP contribution in [0.5, 0.6) is 0 Å². The van der Waals surface area contributed by atoms with Gasteiger partial charge in [-0.25, -0.2) is 4.39 Å².